The van der Waals surface area contributed by atoms with E-state index in [4.69, 9.17) is 42.9 Å². The second kappa shape index (κ2) is 21.2. The molecule has 11 heteroatoms. The summed E-state index contributed by atoms with van der Waals surface area (Å²) in [7, 11) is 4.97. The quantitative estimate of drug-likeness (QED) is 0.0987. The number of rotatable bonds is 22. The molecule has 0 bridgehead atoms. The van der Waals surface area contributed by atoms with E-state index in [1.807, 2.05) is 48.5 Å². The van der Waals surface area contributed by atoms with Gasteiger partial charge in [-0.2, -0.15) is 0 Å². The molecule has 0 spiro atoms. The number of hydrogen-bond donors (Lipinski definition) is 1. The summed E-state index contributed by atoms with van der Waals surface area (Å²) in [6, 6.07) is 23.8. The Morgan fingerprint density at radius 2 is 1.09 bits per heavy atom. The van der Waals surface area contributed by atoms with Crippen molar-refractivity contribution in [3.8, 4) is 23.0 Å². The van der Waals surface area contributed by atoms with Crippen molar-refractivity contribution in [2.45, 2.75) is 19.4 Å². The highest BCUT2D eigenvalue weighted by molar-refractivity contribution is 7.11. The summed E-state index contributed by atoms with van der Waals surface area (Å²) in [5.74, 6) is 3.16. The van der Waals surface area contributed by atoms with Crippen molar-refractivity contribution >= 4 is 11.3 Å². The zero-order valence-corrected chi connectivity index (χ0v) is 27.9. The van der Waals surface area contributed by atoms with Crippen LogP contribution < -0.4 is 25.1 Å². The number of hydrogen-bond acceptors (Lipinski definition) is 11. The summed E-state index contributed by atoms with van der Waals surface area (Å²) in [6.45, 7) is 4.33. The number of thiazole rings is 1. The van der Waals surface area contributed by atoms with Crippen LogP contribution in [0.3, 0.4) is 0 Å². The molecular formula is C35H46N2O8S. The first-order chi connectivity index (χ1) is 22.2. The van der Waals surface area contributed by atoms with E-state index in [1.54, 1.807) is 32.7 Å². The number of ether oxygens (including phenoxy) is 8. The molecule has 0 aliphatic carbocycles. The molecule has 3 aromatic carbocycles. The van der Waals surface area contributed by atoms with Crippen LogP contribution in [0.4, 0.5) is 0 Å². The Hall–Kier alpha value is -3.71. The first kappa shape index (κ1) is 36.8. The largest absolute Gasteiger partial charge is 0.497 e. The third-order valence-electron chi connectivity index (χ3n) is 6.60. The molecule has 0 saturated heterocycles. The van der Waals surface area contributed by atoms with Gasteiger partial charge in [0.2, 0.25) is 0 Å². The maximum atomic E-state index is 6.01. The zero-order valence-electron chi connectivity index (χ0n) is 27.0. The summed E-state index contributed by atoms with van der Waals surface area (Å²) in [5.41, 5.74) is 3.22. The lowest BCUT2D eigenvalue weighted by molar-refractivity contribution is 0.0294. The van der Waals surface area contributed by atoms with Gasteiger partial charge in [0.25, 0.3) is 0 Å². The van der Waals surface area contributed by atoms with E-state index in [2.05, 4.69) is 24.3 Å². The maximum Gasteiger partial charge on any atom is 0.123 e. The van der Waals surface area contributed by atoms with Crippen molar-refractivity contribution in [3.05, 3.63) is 99.5 Å². The average molecular weight is 655 g/mol. The molecule has 0 aliphatic heterocycles. The van der Waals surface area contributed by atoms with Gasteiger partial charge in [-0.05, 0) is 47.5 Å². The molecule has 250 valence electrons. The fraction of sp³-hybridized carbons (Fsp3) is 0.400. The lowest BCUT2D eigenvalue weighted by atomic mass is 10.1. The third-order valence-corrected chi connectivity index (χ3v) is 7.70. The van der Waals surface area contributed by atoms with Crippen LogP contribution in [-0.4, -0.2) is 79.2 Å². The minimum absolute atomic E-state index is 0. The van der Waals surface area contributed by atoms with Crippen LogP contribution in [0.25, 0.3) is 0 Å². The van der Waals surface area contributed by atoms with E-state index >= 15 is 0 Å². The van der Waals surface area contributed by atoms with Gasteiger partial charge in [-0.15, -0.1) is 11.3 Å². The van der Waals surface area contributed by atoms with Crippen molar-refractivity contribution in [3.63, 3.8) is 0 Å². The smallest absolute Gasteiger partial charge is 0.123 e. The van der Waals surface area contributed by atoms with E-state index in [0.29, 0.717) is 65.9 Å². The van der Waals surface area contributed by atoms with Crippen LogP contribution in [0.2, 0.25) is 0 Å². The summed E-state index contributed by atoms with van der Waals surface area (Å²) in [6.07, 6.45) is 1.44. The van der Waals surface area contributed by atoms with Crippen LogP contribution in [0, 0.1) is 0 Å². The van der Waals surface area contributed by atoms with Gasteiger partial charge in [0, 0.05) is 38.0 Å². The monoisotopic (exact) mass is 654 g/mol. The van der Waals surface area contributed by atoms with Crippen molar-refractivity contribution in [2.75, 3.05) is 74.2 Å². The minimum Gasteiger partial charge on any atom is -0.497 e. The van der Waals surface area contributed by atoms with Crippen LogP contribution >= 0.6 is 11.3 Å². The van der Waals surface area contributed by atoms with Crippen LogP contribution in [-0.2, 0) is 38.4 Å². The second-order valence-electron chi connectivity index (χ2n) is 10.0. The fourth-order valence-electron chi connectivity index (χ4n) is 4.40. The first-order valence-electron chi connectivity index (χ1n) is 15.0. The molecule has 1 heterocycles. The van der Waals surface area contributed by atoms with Crippen molar-refractivity contribution in [1.82, 2.24) is 11.1 Å². The highest BCUT2D eigenvalue weighted by Crippen LogP contribution is 2.27. The molecule has 10 nitrogen and oxygen atoms in total. The Labute approximate surface area is 276 Å². The van der Waals surface area contributed by atoms with Crippen molar-refractivity contribution < 1.29 is 37.9 Å². The molecule has 0 aliphatic rings. The summed E-state index contributed by atoms with van der Waals surface area (Å²) >= 11 is 1.71. The normalized spacial score (nSPS) is 10.8. The molecule has 0 saturated carbocycles. The highest BCUT2D eigenvalue weighted by atomic mass is 32.1. The predicted octanol–water partition coefficient (Wildman–Crippen LogP) is 6.16. The van der Waals surface area contributed by atoms with Crippen LogP contribution in [0.5, 0.6) is 23.0 Å². The van der Waals surface area contributed by atoms with Gasteiger partial charge in [-0.25, -0.2) is 4.98 Å². The molecule has 0 atom stereocenters. The van der Waals surface area contributed by atoms with Gasteiger partial charge in [-0.3, -0.25) is 0 Å². The van der Waals surface area contributed by atoms with Gasteiger partial charge >= 0.3 is 0 Å². The molecule has 46 heavy (non-hydrogen) atoms. The predicted molar refractivity (Wildman–Crippen MR) is 179 cm³/mol. The number of nitrogens with zero attached hydrogens (tertiary/aromatic N) is 1. The Bertz CT molecular complexity index is 1420. The topological polar surface area (TPSA) is 122 Å². The molecule has 0 unspecified atom stereocenters. The first-order valence-corrected chi connectivity index (χ1v) is 15.8. The average Bonchev–Trinajstić information content (AvgIpc) is 3.43. The molecule has 4 rings (SSSR count). The molecule has 1 aromatic heterocycles. The van der Waals surface area contributed by atoms with Crippen LogP contribution in [0.1, 0.15) is 26.7 Å². The van der Waals surface area contributed by atoms with Crippen molar-refractivity contribution in [2.24, 2.45) is 0 Å². The van der Waals surface area contributed by atoms with Gasteiger partial charge in [0.05, 0.1) is 57.5 Å². The van der Waals surface area contributed by atoms with Gasteiger partial charge in [0.15, 0.2) is 0 Å². The third kappa shape index (κ3) is 13.0. The molecule has 3 N–H and O–H groups in total. The summed E-state index contributed by atoms with van der Waals surface area (Å²) in [4.78, 5) is 6.16. The van der Waals surface area contributed by atoms with Crippen LogP contribution in [0.15, 0.2) is 72.8 Å². The Balaban J connectivity index is 0.00000576. The Kier molecular flexibility index (Phi) is 16.9. The molecule has 0 fully saturated rings. The minimum atomic E-state index is 0. The van der Waals surface area contributed by atoms with Crippen molar-refractivity contribution in [1.29, 1.82) is 0 Å². The van der Waals surface area contributed by atoms with E-state index in [-0.39, 0.29) is 6.15 Å². The SMILES string of the molecule is COCCOc1cccc(Cc2nc(COCCOCCOc3cccc(OC)c3)c(Cc3cccc(OCCOC)c3)s2)c1.N. The van der Waals surface area contributed by atoms with E-state index in [0.717, 1.165) is 51.2 Å². The lowest BCUT2D eigenvalue weighted by Gasteiger charge is -2.09. The molecule has 0 radical (unpaired) electrons. The fourth-order valence-corrected chi connectivity index (χ4v) is 5.54. The number of benzene rings is 3. The van der Waals surface area contributed by atoms with E-state index in [1.165, 1.54) is 4.88 Å². The standard InChI is InChI=1S/C35H43NO8S.H3N/c1-37-13-18-42-30-10-4-7-27(21-30)23-34-33(26-41-16-15-40-17-20-44-32-12-6-9-29(25-32)39-3)36-35(45-34)24-28-8-5-11-31(22-28)43-19-14-38-2;/h4-12,21-22,25H,13-20,23-24,26H2,1-3H3;1H3. The van der Waals surface area contributed by atoms with Gasteiger partial charge in [0.1, 0.15) is 42.8 Å². The van der Waals surface area contributed by atoms with E-state index in [9.17, 15) is 0 Å². The molecular weight excluding hydrogens is 608 g/mol. The van der Waals surface area contributed by atoms with Gasteiger partial charge < -0.3 is 44.0 Å². The number of methoxy groups -OCH3 is 3. The second-order valence-corrected chi connectivity index (χ2v) is 11.2. The Morgan fingerprint density at radius 3 is 1.72 bits per heavy atom. The van der Waals surface area contributed by atoms with Gasteiger partial charge in [-0.1, -0.05) is 30.3 Å². The molecule has 0 amide bonds. The number of aromatic nitrogens is 1. The highest BCUT2D eigenvalue weighted by Gasteiger charge is 2.14. The Morgan fingerprint density at radius 1 is 0.565 bits per heavy atom. The maximum absolute atomic E-state index is 6.01. The summed E-state index contributed by atoms with van der Waals surface area (Å²) < 4.78 is 44.5. The summed E-state index contributed by atoms with van der Waals surface area (Å²) in [5, 5.41) is 1.02. The zero-order chi connectivity index (χ0) is 31.5. The molecule has 4 aromatic rings. The lowest BCUT2D eigenvalue weighted by Crippen LogP contribution is -2.11. The van der Waals surface area contributed by atoms with E-state index < -0.39 is 0 Å².